The molecular weight excluding hydrogens is 386 g/mol. The Labute approximate surface area is 166 Å². The zero-order valence-electron chi connectivity index (χ0n) is 15.7. The molecule has 2 rings (SSSR count). The van der Waals surface area contributed by atoms with Gasteiger partial charge in [-0.2, -0.15) is 0 Å². The lowest BCUT2D eigenvalue weighted by molar-refractivity contribution is -0.126. The van der Waals surface area contributed by atoms with Crippen LogP contribution < -0.4 is 10.6 Å². The van der Waals surface area contributed by atoms with Crippen molar-refractivity contribution >= 4 is 28.3 Å². The van der Waals surface area contributed by atoms with Crippen molar-refractivity contribution in [3.8, 4) is 0 Å². The second-order valence-corrected chi connectivity index (χ2v) is 7.33. The Morgan fingerprint density at radius 1 is 1.25 bits per heavy atom. The van der Waals surface area contributed by atoms with Gasteiger partial charge in [-0.05, 0) is 24.1 Å². The number of rotatable bonds is 9. The second kappa shape index (κ2) is 10.0. The third kappa shape index (κ3) is 6.19. The molecule has 1 aromatic carbocycles. The number of hydrogen-bond acceptors (Lipinski definition) is 5. The summed E-state index contributed by atoms with van der Waals surface area (Å²) >= 11 is 1.23. The summed E-state index contributed by atoms with van der Waals surface area (Å²) in [5.74, 6) is -2.43. The molecule has 2 atom stereocenters. The Kier molecular flexibility index (Phi) is 7.74. The van der Waals surface area contributed by atoms with Crippen LogP contribution in [0.15, 0.2) is 30.9 Å². The van der Waals surface area contributed by atoms with Crippen LogP contribution >= 0.6 is 11.3 Å². The fourth-order valence-corrected chi connectivity index (χ4v) is 3.26. The molecule has 2 aromatic rings. The van der Waals surface area contributed by atoms with Gasteiger partial charge in [0.1, 0.15) is 22.7 Å². The zero-order chi connectivity index (χ0) is 20.7. The van der Waals surface area contributed by atoms with Crippen molar-refractivity contribution in [2.24, 2.45) is 0 Å². The number of nitrogens with zero attached hydrogens (tertiary/aromatic N) is 2. The molecular formula is C19H22F2N4O2S. The number of carbonyl (C=O) groups excluding carboxylic acids is 2. The van der Waals surface area contributed by atoms with Crippen LogP contribution in [-0.4, -0.2) is 28.1 Å². The van der Waals surface area contributed by atoms with Gasteiger partial charge in [0.05, 0.1) is 6.42 Å². The van der Waals surface area contributed by atoms with Gasteiger partial charge in [-0.1, -0.05) is 37.7 Å². The molecule has 6 nitrogen and oxygen atoms in total. The minimum Gasteiger partial charge on any atom is -0.344 e. The predicted molar refractivity (Wildman–Crippen MR) is 104 cm³/mol. The fourth-order valence-electron chi connectivity index (χ4n) is 2.46. The van der Waals surface area contributed by atoms with Crippen LogP contribution in [0.1, 0.15) is 43.2 Å². The summed E-state index contributed by atoms with van der Waals surface area (Å²) in [6, 6.07) is 2.11. The Morgan fingerprint density at radius 3 is 2.54 bits per heavy atom. The number of nitrogens with one attached hydrogen (secondary N) is 2. The van der Waals surface area contributed by atoms with Gasteiger partial charge in [0.25, 0.3) is 0 Å². The van der Waals surface area contributed by atoms with E-state index in [1.807, 2.05) is 13.8 Å². The molecule has 9 heteroatoms. The summed E-state index contributed by atoms with van der Waals surface area (Å²) in [6.07, 6.45) is 2.55. The quantitative estimate of drug-likeness (QED) is 0.622. The van der Waals surface area contributed by atoms with Crippen molar-refractivity contribution in [1.82, 2.24) is 15.5 Å². The van der Waals surface area contributed by atoms with Crippen LogP contribution in [0.4, 0.5) is 13.9 Å². The maximum Gasteiger partial charge on any atom is 0.248 e. The molecule has 28 heavy (non-hydrogen) atoms. The Bertz CT molecular complexity index is 836. The molecule has 150 valence electrons. The van der Waals surface area contributed by atoms with Crippen molar-refractivity contribution in [3.05, 3.63) is 53.1 Å². The molecule has 2 N–H and O–H groups in total. The van der Waals surface area contributed by atoms with E-state index >= 15 is 0 Å². The summed E-state index contributed by atoms with van der Waals surface area (Å²) in [4.78, 5) is 24.8. The summed E-state index contributed by atoms with van der Waals surface area (Å²) in [6.45, 7) is 7.48. The Morgan fingerprint density at radius 2 is 1.93 bits per heavy atom. The van der Waals surface area contributed by atoms with E-state index in [4.69, 9.17) is 0 Å². The highest BCUT2D eigenvalue weighted by molar-refractivity contribution is 7.15. The number of anilines is 1. The minimum absolute atomic E-state index is 0.0148. The summed E-state index contributed by atoms with van der Waals surface area (Å²) in [7, 11) is 0. The molecule has 0 fully saturated rings. The monoisotopic (exact) mass is 408 g/mol. The molecule has 0 aliphatic heterocycles. The largest absolute Gasteiger partial charge is 0.344 e. The van der Waals surface area contributed by atoms with E-state index < -0.39 is 29.5 Å². The third-order valence-corrected chi connectivity index (χ3v) is 4.97. The van der Waals surface area contributed by atoms with Crippen molar-refractivity contribution < 1.29 is 18.4 Å². The number of halogens is 2. The summed E-state index contributed by atoms with van der Waals surface area (Å²) in [5.41, 5.74) is 0.192. The molecule has 0 saturated heterocycles. The van der Waals surface area contributed by atoms with Gasteiger partial charge in [0.2, 0.25) is 16.9 Å². The average Bonchev–Trinajstić information content (AvgIpc) is 3.08. The van der Waals surface area contributed by atoms with Gasteiger partial charge in [0.15, 0.2) is 0 Å². The van der Waals surface area contributed by atoms with Crippen LogP contribution in [0.3, 0.4) is 0 Å². The molecule has 0 radical (unpaired) electrons. The maximum absolute atomic E-state index is 13.3. The van der Waals surface area contributed by atoms with Crippen LogP contribution in [-0.2, 0) is 16.0 Å². The van der Waals surface area contributed by atoms with E-state index in [2.05, 4.69) is 27.4 Å². The zero-order valence-corrected chi connectivity index (χ0v) is 16.5. The normalized spacial score (nSPS) is 12.9. The van der Waals surface area contributed by atoms with E-state index in [1.165, 1.54) is 11.3 Å². The molecule has 0 aliphatic rings. The van der Waals surface area contributed by atoms with Crippen LogP contribution in [0.2, 0.25) is 0 Å². The fraction of sp³-hybridized carbons (Fsp3) is 0.368. The van der Waals surface area contributed by atoms with Crippen molar-refractivity contribution in [2.45, 2.75) is 45.1 Å². The first kappa shape index (κ1) is 21.6. The number of aromatic nitrogens is 2. The number of hydrogen-bond donors (Lipinski definition) is 2. The number of benzene rings is 1. The smallest absolute Gasteiger partial charge is 0.248 e. The number of carbonyl (C=O) groups is 2. The van der Waals surface area contributed by atoms with Gasteiger partial charge in [0, 0.05) is 12.0 Å². The maximum atomic E-state index is 13.3. The molecule has 0 saturated carbocycles. The Hall–Kier alpha value is -2.68. The van der Waals surface area contributed by atoms with E-state index in [0.717, 1.165) is 23.2 Å². The van der Waals surface area contributed by atoms with Gasteiger partial charge >= 0.3 is 0 Å². The third-order valence-electron chi connectivity index (χ3n) is 3.93. The molecule has 0 bridgehead atoms. The summed E-state index contributed by atoms with van der Waals surface area (Å²) < 4.78 is 26.5. The highest BCUT2D eigenvalue weighted by atomic mass is 32.1. The number of amides is 2. The molecule has 0 aliphatic carbocycles. The first-order valence-corrected chi connectivity index (χ1v) is 9.65. The average molecular weight is 408 g/mol. The second-order valence-electron chi connectivity index (χ2n) is 6.32. The van der Waals surface area contributed by atoms with E-state index in [1.54, 1.807) is 6.08 Å². The highest BCUT2D eigenvalue weighted by Gasteiger charge is 2.22. The lowest BCUT2D eigenvalue weighted by Crippen LogP contribution is -2.44. The van der Waals surface area contributed by atoms with E-state index in [0.29, 0.717) is 18.0 Å². The SMILES string of the molecule is C=CC(C)c1nnc(NC(=O)C(CCC)NC(=O)Cc2cc(F)cc(F)c2)s1. The van der Waals surface area contributed by atoms with Gasteiger partial charge in [-0.15, -0.1) is 16.8 Å². The summed E-state index contributed by atoms with van der Waals surface area (Å²) in [5, 5.41) is 14.2. The number of allylic oxidation sites excluding steroid dienone is 1. The lowest BCUT2D eigenvalue weighted by atomic mass is 10.1. The lowest BCUT2D eigenvalue weighted by Gasteiger charge is -2.17. The topological polar surface area (TPSA) is 84.0 Å². The van der Waals surface area contributed by atoms with Gasteiger partial charge in [-0.25, -0.2) is 8.78 Å². The molecule has 0 spiro atoms. The van der Waals surface area contributed by atoms with Crippen molar-refractivity contribution in [2.75, 3.05) is 5.32 Å². The first-order valence-electron chi connectivity index (χ1n) is 8.83. The molecule has 1 heterocycles. The molecule has 1 aromatic heterocycles. The predicted octanol–water partition coefficient (Wildman–Crippen LogP) is 3.57. The molecule has 2 amide bonds. The van der Waals surface area contributed by atoms with E-state index in [-0.39, 0.29) is 17.9 Å². The highest BCUT2D eigenvalue weighted by Crippen LogP contribution is 2.23. The van der Waals surface area contributed by atoms with Crippen molar-refractivity contribution in [1.29, 1.82) is 0 Å². The van der Waals surface area contributed by atoms with E-state index in [9.17, 15) is 18.4 Å². The standard InChI is InChI=1S/C19H22F2N4O2S/c1-4-6-15(17(27)23-19-25-24-18(28-19)11(3)5-2)22-16(26)9-12-7-13(20)10-14(21)8-12/h5,7-8,10-11,15H,2,4,6,9H2,1,3H3,(H,22,26)(H,23,25,27). The van der Waals surface area contributed by atoms with Crippen LogP contribution in [0.5, 0.6) is 0 Å². The van der Waals surface area contributed by atoms with Crippen molar-refractivity contribution in [3.63, 3.8) is 0 Å². The van der Waals surface area contributed by atoms with Crippen LogP contribution in [0.25, 0.3) is 0 Å². The van der Waals surface area contributed by atoms with Gasteiger partial charge < -0.3 is 5.32 Å². The Balaban J connectivity index is 2.00. The van der Waals surface area contributed by atoms with Gasteiger partial charge in [-0.3, -0.25) is 14.9 Å². The first-order chi connectivity index (χ1) is 13.3. The van der Waals surface area contributed by atoms with Crippen LogP contribution in [0, 0.1) is 11.6 Å². The minimum atomic E-state index is -0.792. The molecule has 2 unspecified atom stereocenters.